The Morgan fingerprint density at radius 2 is 2.25 bits per heavy atom. The predicted molar refractivity (Wildman–Crippen MR) is 76.0 cm³/mol. The number of carbonyl (C=O) groups excluding carboxylic acids is 2. The number of hydrogen-bond donors (Lipinski definition) is 2. The Kier molecular flexibility index (Phi) is 4.68. The molecular weight excluding hydrogens is 256 g/mol. The van der Waals surface area contributed by atoms with Crippen LogP contribution in [-0.4, -0.2) is 40.8 Å². The van der Waals surface area contributed by atoms with Gasteiger partial charge in [0, 0.05) is 25.0 Å². The minimum absolute atomic E-state index is 0.216. The summed E-state index contributed by atoms with van der Waals surface area (Å²) in [5.74, 6) is -0.464. The summed E-state index contributed by atoms with van der Waals surface area (Å²) < 4.78 is 0. The first-order valence-electron chi connectivity index (χ1n) is 6.90. The molecule has 0 bridgehead atoms. The van der Waals surface area contributed by atoms with Crippen LogP contribution in [0.15, 0.2) is 18.3 Å². The Morgan fingerprint density at radius 3 is 2.95 bits per heavy atom. The van der Waals surface area contributed by atoms with Crippen molar-refractivity contribution < 1.29 is 9.59 Å². The second kappa shape index (κ2) is 6.47. The number of nitrogens with one attached hydrogen (secondary N) is 2. The number of hydrogen-bond acceptors (Lipinski definition) is 5. The monoisotopic (exact) mass is 276 g/mol. The van der Waals surface area contributed by atoms with E-state index in [1.165, 1.54) is 0 Å². The molecule has 2 amide bonds. The maximum Gasteiger partial charge on any atom is 0.243 e. The third-order valence-corrected chi connectivity index (χ3v) is 3.30. The number of amides is 2. The van der Waals surface area contributed by atoms with Gasteiger partial charge >= 0.3 is 0 Å². The summed E-state index contributed by atoms with van der Waals surface area (Å²) in [7, 11) is 0. The molecule has 0 spiro atoms. The molecular formula is C14H20N4O2. The van der Waals surface area contributed by atoms with Crippen LogP contribution in [0.2, 0.25) is 0 Å². The van der Waals surface area contributed by atoms with E-state index in [4.69, 9.17) is 0 Å². The minimum Gasteiger partial charge on any atom is -0.385 e. The van der Waals surface area contributed by atoms with E-state index in [-0.39, 0.29) is 24.4 Å². The number of aromatic nitrogens is 1. The third-order valence-electron chi connectivity index (χ3n) is 3.30. The number of carbonyl (C=O) groups is 2. The zero-order chi connectivity index (χ0) is 14.5. The number of piperazine rings is 1. The van der Waals surface area contributed by atoms with Gasteiger partial charge in [0.1, 0.15) is 0 Å². The van der Waals surface area contributed by atoms with Crippen molar-refractivity contribution in [2.24, 2.45) is 0 Å². The smallest absolute Gasteiger partial charge is 0.243 e. The minimum atomic E-state index is -0.266. The highest BCUT2D eigenvalue weighted by molar-refractivity contribution is 6.01. The van der Waals surface area contributed by atoms with Crippen LogP contribution >= 0.6 is 0 Å². The SMILES string of the molecule is CCNc1ccnc(CN2CC(=O)NC(=O)C2CC)c1. The van der Waals surface area contributed by atoms with E-state index in [1.54, 1.807) is 6.20 Å². The molecule has 20 heavy (non-hydrogen) atoms. The predicted octanol–water partition coefficient (Wildman–Crippen LogP) is 0.750. The molecule has 2 heterocycles. The molecule has 1 aromatic heterocycles. The van der Waals surface area contributed by atoms with E-state index < -0.39 is 0 Å². The van der Waals surface area contributed by atoms with Crippen LogP contribution in [0.5, 0.6) is 0 Å². The van der Waals surface area contributed by atoms with Crippen molar-refractivity contribution in [1.29, 1.82) is 0 Å². The molecule has 0 radical (unpaired) electrons. The number of anilines is 1. The molecule has 1 atom stereocenters. The quantitative estimate of drug-likeness (QED) is 0.776. The standard InChI is InChI=1S/C14H20N4O2/c1-3-12-14(20)17-13(19)9-18(12)8-11-7-10(15-4-2)5-6-16-11/h5-7,12H,3-4,8-9H2,1-2H3,(H,15,16)(H,17,19,20). The van der Waals surface area contributed by atoms with Crippen LogP contribution < -0.4 is 10.6 Å². The van der Waals surface area contributed by atoms with Gasteiger partial charge in [-0.15, -0.1) is 0 Å². The Hall–Kier alpha value is -1.95. The maximum absolute atomic E-state index is 11.8. The fourth-order valence-electron chi connectivity index (χ4n) is 2.42. The van der Waals surface area contributed by atoms with Crippen LogP contribution in [0.4, 0.5) is 5.69 Å². The van der Waals surface area contributed by atoms with Crippen molar-refractivity contribution >= 4 is 17.5 Å². The zero-order valence-corrected chi connectivity index (χ0v) is 11.8. The second-order valence-electron chi connectivity index (χ2n) is 4.81. The molecule has 0 aliphatic carbocycles. The van der Waals surface area contributed by atoms with Gasteiger partial charge in [-0.25, -0.2) is 0 Å². The van der Waals surface area contributed by atoms with Crippen molar-refractivity contribution in [2.75, 3.05) is 18.4 Å². The van der Waals surface area contributed by atoms with Crippen LogP contribution in [0, 0.1) is 0 Å². The molecule has 0 aromatic carbocycles. The van der Waals surface area contributed by atoms with E-state index in [0.717, 1.165) is 17.9 Å². The topological polar surface area (TPSA) is 74.3 Å². The lowest BCUT2D eigenvalue weighted by molar-refractivity contribution is -0.140. The number of nitrogens with zero attached hydrogens (tertiary/aromatic N) is 2. The molecule has 2 N–H and O–H groups in total. The highest BCUT2D eigenvalue weighted by Gasteiger charge is 2.32. The lowest BCUT2D eigenvalue weighted by Gasteiger charge is -2.33. The average molecular weight is 276 g/mol. The summed E-state index contributed by atoms with van der Waals surface area (Å²) in [5.41, 5.74) is 1.85. The molecule has 108 valence electrons. The molecule has 1 aliphatic heterocycles. The van der Waals surface area contributed by atoms with Crippen LogP contribution in [0.1, 0.15) is 26.0 Å². The number of rotatable bonds is 5. The van der Waals surface area contributed by atoms with Crippen molar-refractivity contribution in [3.05, 3.63) is 24.0 Å². The maximum atomic E-state index is 11.8. The van der Waals surface area contributed by atoms with E-state index in [9.17, 15) is 9.59 Å². The van der Waals surface area contributed by atoms with Crippen molar-refractivity contribution in [2.45, 2.75) is 32.9 Å². The van der Waals surface area contributed by atoms with Gasteiger partial charge in [0.15, 0.2) is 0 Å². The van der Waals surface area contributed by atoms with Crippen LogP contribution in [0.3, 0.4) is 0 Å². The average Bonchev–Trinajstić information content (AvgIpc) is 2.39. The van der Waals surface area contributed by atoms with Gasteiger partial charge < -0.3 is 5.32 Å². The molecule has 0 saturated carbocycles. The van der Waals surface area contributed by atoms with E-state index in [2.05, 4.69) is 15.6 Å². The summed E-state index contributed by atoms with van der Waals surface area (Å²) in [6, 6.07) is 3.59. The molecule has 6 nitrogen and oxygen atoms in total. The van der Waals surface area contributed by atoms with Crippen LogP contribution in [-0.2, 0) is 16.1 Å². The van der Waals surface area contributed by atoms with Gasteiger partial charge in [0.05, 0.1) is 18.3 Å². The summed E-state index contributed by atoms with van der Waals surface area (Å²) in [6.07, 6.45) is 2.41. The normalized spacial score (nSPS) is 19.8. The molecule has 1 saturated heterocycles. The number of imide groups is 1. The van der Waals surface area contributed by atoms with E-state index in [1.807, 2.05) is 30.9 Å². The van der Waals surface area contributed by atoms with Crippen molar-refractivity contribution in [3.8, 4) is 0 Å². The fourth-order valence-corrected chi connectivity index (χ4v) is 2.42. The summed E-state index contributed by atoms with van der Waals surface area (Å²) in [5, 5.41) is 5.60. The zero-order valence-electron chi connectivity index (χ0n) is 11.8. The molecule has 1 unspecified atom stereocenters. The van der Waals surface area contributed by atoms with E-state index in [0.29, 0.717) is 13.0 Å². The first-order chi connectivity index (χ1) is 9.63. The largest absolute Gasteiger partial charge is 0.385 e. The summed E-state index contributed by atoms with van der Waals surface area (Å²) in [6.45, 7) is 5.54. The third kappa shape index (κ3) is 3.33. The molecule has 1 aromatic rings. The highest BCUT2D eigenvalue weighted by atomic mass is 16.2. The Labute approximate surface area is 118 Å². The molecule has 1 aliphatic rings. The Bertz CT molecular complexity index is 504. The molecule has 2 rings (SSSR count). The molecule has 6 heteroatoms. The first kappa shape index (κ1) is 14.5. The van der Waals surface area contributed by atoms with E-state index >= 15 is 0 Å². The van der Waals surface area contributed by atoms with Crippen LogP contribution in [0.25, 0.3) is 0 Å². The van der Waals surface area contributed by atoms with Gasteiger partial charge in [-0.1, -0.05) is 6.92 Å². The van der Waals surface area contributed by atoms with Gasteiger partial charge in [0.2, 0.25) is 11.8 Å². The van der Waals surface area contributed by atoms with Crippen molar-refractivity contribution in [1.82, 2.24) is 15.2 Å². The first-order valence-corrected chi connectivity index (χ1v) is 6.90. The highest BCUT2D eigenvalue weighted by Crippen LogP contribution is 2.15. The van der Waals surface area contributed by atoms with Gasteiger partial charge in [-0.3, -0.25) is 24.8 Å². The fraction of sp³-hybridized carbons (Fsp3) is 0.500. The van der Waals surface area contributed by atoms with Gasteiger partial charge in [-0.05, 0) is 25.5 Å². The van der Waals surface area contributed by atoms with Gasteiger partial charge in [-0.2, -0.15) is 0 Å². The van der Waals surface area contributed by atoms with Crippen molar-refractivity contribution in [3.63, 3.8) is 0 Å². The second-order valence-corrected chi connectivity index (χ2v) is 4.81. The Morgan fingerprint density at radius 1 is 1.45 bits per heavy atom. The lowest BCUT2D eigenvalue weighted by Crippen LogP contribution is -2.57. The summed E-state index contributed by atoms with van der Waals surface area (Å²) in [4.78, 5) is 29.5. The Balaban J connectivity index is 2.12. The number of pyridine rings is 1. The summed E-state index contributed by atoms with van der Waals surface area (Å²) >= 11 is 0. The van der Waals surface area contributed by atoms with Gasteiger partial charge in [0.25, 0.3) is 0 Å². The molecule has 1 fully saturated rings. The lowest BCUT2D eigenvalue weighted by atomic mass is 10.1.